The quantitative estimate of drug-likeness (QED) is 0.916. The van der Waals surface area contributed by atoms with E-state index >= 15 is 0 Å². The fraction of sp³-hybridized carbons (Fsp3) is 0.312. The van der Waals surface area contributed by atoms with Gasteiger partial charge in [-0.15, -0.1) is 0 Å². The Bertz CT molecular complexity index is 566. The van der Waals surface area contributed by atoms with Gasteiger partial charge in [0.2, 0.25) is 0 Å². The highest BCUT2D eigenvalue weighted by Gasteiger charge is 2.14. The van der Waals surface area contributed by atoms with Crippen molar-refractivity contribution in [2.45, 2.75) is 26.3 Å². The summed E-state index contributed by atoms with van der Waals surface area (Å²) in [4.78, 5) is 4.35. The first-order valence-electron chi connectivity index (χ1n) is 6.45. The van der Waals surface area contributed by atoms with E-state index in [0.29, 0.717) is 0 Å². The summed E-state index contributed by atoms with van der Waals surface area (Å²) in [5.74, 6) is 0. The molecule has 3 heteroatoms. The van der Waals surface area contributed by atoms with Crippen LogP contribution < -0.4 is 5.32 Å². The minimum Gasteiger partial charge on any atom is -0.313 e. The molecule has 0 aliphatic heterocycles. The Labute approximate surface area is 119 Å². The maximum Gasteiger partial charge on any atom is 0.0441 e. The molecule has 1 atom stereocenters. The monoisotopic (exact) mass is 274 g/mol. The fourth-order valence-corrected chi connectivity index (χ4v) is 2.58. The van der Waals surface area contributed by atoms with E-state index in [0.717, 1.165) is 22.7 Å². The Kier molecular flexibility index (Phi) is 4.56. The lowest BCUT2D eigenvalue weighted by atomic mass is 9.97. The van der Waals surface area contributed by atoms with Crippen LogP contribution >= 0.6 is 11.6 Å². The second-order valence-corrected chi connectivity index (χ2v) is 5.23. The highest BCUT2D eigenvalue weighted by Crippen LogP contribution is 2.25. The van der Waals surface area contributed by atoms with E-state index in [1.807, 2.05) is 32.3 Å². The Morgan fingerprint density at radius 1 is 1.26 bits per heavy atom. The van der Waals surface area contributed by atoms with Gasteiger partial charge in [-0.3, -0.25) is 4.98 Å². The molecule has 0 bridgehead atoms. The molecule has 19 heavy (non-hydrogen) atoms. The number of hydrogen-bond donors (Lipinski definition) is 1. The third-order valence-corrected chi connectivity index (χ3v) is 3.76. The van der Waals surface area contributed by atoms with Gasteiger partial charge in [0.15, 0.2) is 0 Å². The summed E-state index contributed by atoms with van der Waals surface area (Å²) < 4.78 is 0. The number of halogens is 1. The molecule has 0 aliphatic carbocycles. The average Bonchev–Trinajstić information content (AvgIpc) is 2.39. The molecule has 1 aromatic heterocycles. The van der Waals surface area contributed by atoms with Gasteiger partial charge in [-0.2, -0.15) is 0 Å². The van der Waals surface area contributed by atoms with Crippen molar-refractivity contribution in [1.29, 1.82) is 0 Å². The molecule has 1 heterocycles. The molecule has 2 rings (SSSR count). The van der Waals surface area contributed by atoms with Crippen LogP contribution in [-0.2, 0) is 6.42 Å². The van der Waals surface area contributed by atoms with E-state index in [2.05, 4.69) is 35.4 Å². The summed E-state index contributed by atoms with van der Waals surface area (Å²) in [6, 6.07) is 10.5. The molecule has 0 saturated carbocycles. The summed E-state index contributed by atoms with van der Waals surface area (Å²) in [5, 5.41) is 4.19. The van der Waals surface area contributed by atoms with Crippen LogP contribution in [0.2, 0.25) is 5.02 Å². The van der Waals surface area contributed by atoms with Crippen LogP contribution in [0.4, 0.5) is 0 Å². The zero-order valence-electron chi connectivity index (χ0n) is 11.6. The highest BCUT2D eigenvalue weighted by molar-refractivity contribution is 6.31. The van der Waals surface area contributed by atoms with Gasteiger partial charge in [0, 0.05) is 23.0 Å². The van der Waals surface area contributed by atoms with Crippen molar-refractivity contribution < 1.29 is 0 Å². The molecule has 0 saturated heterocycles. The van der Waals surface area contributed by atoms with Crippen LogP contribution in [0.5, 0.6) is 0 Å². The lowest BCUT2D eigenvalue weighted by Crippen LogP contribution is -2.20. The van der Waals surface area contributed by atoms with Crippen molar-refractivity contribution in [3.8, 4) is 0 Å². The first-order valence-corrected chi connectivity index (χ1v) is 6.83. The van der Waals surface area contributed by atoms with Crippen molar-refractivity contribution in [1.82, 2.24) is 10.3 Å². The van der Waals surface area contributed by atoms with Gasteiger partial charge < -0.3 is 5.32 Å². The van der Waals surface area contributed by atoms with Crippen molar-refractivity contribution >= 4 is 11.6 Å². The van der Waals surface area contributed by atoms with Crippen LogP contribution in [-0.4, -0.2) is 12.0 Å². The van der Waals surface area contributed by atoms with Crippen LogP contribution in [0, 0.1) is 13.8 Å². The van der Waals surface area contributed by atoms with Crippen LogP contribution in [0.3, 0.4) is 0 Å². The first kappa shape index (κ1) is 14.0. The third-order valence-electron chi connectivity index (χ3n) is 3.40. The standard InChI is InChI=1S/C16H19ClN2/c1-11-6-7-13(15(17)9-11)10-16(18-3)14-5-4-8-19-12(14)2/h4-9,16,18H,10H2,1-3H3. The molecule has 0 spiro atoms. The molecule has 0 aliphatic rings. The summed E-state index contributed by atoms with van der Waals surface area (Å²) in [6.07, 6.45) is 2.69. The molecule has 0 radical (unpaired) electrons. The van der Waals surface area contributed by atoms with Gasteiger partial charge in [0.05, 0.1) is 0 Å². The van der Waals surface area contributed by atoms with Crippen molar-refractivity contribution in [2.75, 3.05) is 7.05 Å². The number of nitrogens with one attached hydrogen (secondary N) is 1. The minimum atomic E-state index is 0.230. The second-order valence-electron chi connectivity index (χ2n) is 4.82. The van der Waals surface area contributed by atoms with Gasteiger partial charge >= 0.3 is 0 Å². The number of aromatic nitrogens is 1. The summed E-state index contributed by atoms with van der Waals surface area (Å²) >= 11 is 6.31. The molecule has 0 amide bonds. The number of hydrogen-bond acceptors (Lipinski definition) is 2. The second kappa shape index (κ2) is 6.18. The van der Waals surface area contributed by atoms with Gasteiger partial charge in [-0.25, -0.2) is 0 Å². The van der Waals surface area contributed by atoms with Crippen molar-refractivity contribution in [2.24, 2.45) is 0 Å². The van der Waals surface area contributed by atoms with Gasteiger partial charge in [-0.05, 0) is 56.1 Å². The zero-order chi connectivity index (χ0) is 13.8. The molecule has 2 nitrogen and oxygen atoms in total. The predicted octanol–water partition coefficient (Wildman–Crippen LogP) is 3.86. The Morgan fingerprint density at radius 3 is 2.68 bits per heavy atom. The Balaban J connectivity index is 2.27. The van der Waals surface area contributed by atoms with Crippen LogP contribution in [0.25, 0.3) is 0 Å². The SMILES string of the molecule is CNC(Cc1ccc(C)cc1Cl)c1cccnc1C. The number of benzene rings is 1. The first-order chi connectivity index (χ1) is 9.11. The van der Waals surface area contributed by atoms with E-state index in [1.165, 1.54) is 11.1 Å². The zero-order valence-corrected chi connectivity index (χ0v) is 12.3. The van der Waals surface area contributed by atoms with Gasteiger partial charge in [0.25, 0.3) is 0 Å². The largest absolute Gasteiger partial charge is 0.313 e. The predicted molar refractivity (Wildman–Crippen MR) is 80.7 cm³/mol. The lowest BCUT2D eigenvalue weighted by molar-refractivity contribution is 0.586. The number of pyridine rings is 1. The van der Waals surface area contributed by atoms with Crippen LogP contribution in [0.1, 0.15) is 28.4 Å². The Morgan fingerprint density at radius 2 is 2.05 bits per heavy atom. The molecular weight excluding hydrogens is 256 g/mol. The molecular formula is C16H19ClN2. The molecule has 1 aromatic carbocycles. The van der Waals surface area contributed by atoms with E-state index in [1.54, 1.807) is 0 Å². The van der Waals surface area contributed by atoms with E-state index in [9.17, 15) is 0 Å². The Hall–Kier alpha value is -1.38. The number of rotatable bonds is 4. The average molecular weight is 275 g/mol. The molecule has 0 fully saturated rings. The fourth-order valence-electron chi connectivity index (χ4n) is 2.27. The highest BCUT2D eigenvalue weighted by atomic mass is 35.5. The number of likely N-dealkylation sites (N-methyl/N-ethyl adjacent to an activating group) is 1. The van der Waals surface area contributed by atoms with E-state index in [-0.39, 0.29) is 6.04 Å². The smallest absolute Gasteiger partial charge is 0.0441 e. The molecule has 100 valence electrons. The molecule has 1 unspecified atom stereocenters. The summed E-state index contributed by atoms with van der Waals surface area (Å²) in [6.45, 7) is 4.09. The van der Waals surface area contributed by atoms with Crippen LogP contribution in [0.15, 0.2) is 36.5 Å². The third kappa shape index (κ3) is 3.34. The topological polar surface area (TPSA) is 24.9 Å². The molecule has 1 N–H and O–H groups in total. The normalized spacial score (nSPS) is 12.4. The van der Waals surface area contributed by atoms with Crippen molar-refractivity contribution in [3.63, 3.8) is 0 Å². The van der Waals surface area contributed by atoms with E-state index in [4.69, 9.17) is 11.6 Å². The van der Waals surface area contributed by atoms with Gasteiger partial charge in [-0.1, -0.05) is 29.8 Å². The maximum atomic E-state index is 6.31. The number of aryl methyl sites for hydroxylation is 2. The molecule has 2 aromatic rings. The summed E-state index contributed by atoms with van der Waals surface area (Å²) in [7, 11) is 1.97. The lowest BCUT2D eigenvalue weighted by Gasteiger charge is -2.19. The number of nitrogens with zero attached hydrogens (tertiary/aromatic N) is 1. The van der Waals surface area contributed by atoms with Gasteiger partial charge in [0.1, 0.15) is 0 Å². The minimum absolute atomic E-state index is 0.230. The maximum absolute atomic E-state index is 6.31. The van der Waals surface area contributed by atoms with E-state index < -0.39 is 0 Å². The van der Waals surface area contributed by atoms with Crippen molar-refractivity contribution in [3.05, 3.63) is 63.9 Å². The summed E-state index contributed by atoms with van der Waals surface area (Å²) in [5.41, 5.74) is 4.63.